The number of rotatable bonds is 2. The highest BCUT2D eigenvalue weighted by atomic mass is 35.5. The fourth-order valence-electron chi connectivity index (χ4n) is 0.747. The Morgan fingerprint density at radius 3 is 2.69 bits per heavy atom. The second-order valence-corrected chi connectivity index (χ2v) is 2.55. The number of nitrogens with zero attached hydrogens (tertiary/aromatic N) is 1. The maximum absolute atomic E-state index is 12.1. The van der Waals surface area contributed by atoms with E-state index in [9.17, 15) is 13.6 Å². The molecule has 0 atom stereocenters. The van der Waals surface area contributed by atoms with Crippen LogP contribution in [0.5, 0.6) is 5.75 Å². The van der Waals surface area contributed by atoms with Gasteiger partial charge in [-0.3, -0.25) is 4.79 Å². The quantitative estimate of drug-likeness (QED) is 0.597. The zero-order chi connectivity index (χ0) is 10.0. The van der Waals surface area contributed by atoms with Gasteiger partial charge in [0.25, 0.3) is 6.43 Å². The fourth-order valence-corrected chi connectivity index (χ4v) is 0.954. The average Bonchev–Trinajstić information content (AvgIpc) is 2.09. The van der Waals surface area contributed by atoms with Gasteiger partial charge >= 0.3 is 0 Å². The van der Waals surface area contributed by atoms with Crippen molar-refractivity contribution in [2.75, 3.05) is 0 Å². The zero-order valence-corrected chi connectivity index (χ0v) is 6.92. The van der Waals surface area contributed by atoms with Gasteiger partial charge in [0.1, 0.15) is 5.69 Å². The molecule has 0 saturated heterocycles. The van der Waals surface area contributed by atoms with Crippen LogP contribution in [0.4, 0.5) is 8.78 Å². The van der Waals surface area contributed by atoms with Gasteiger partial charge in [-0.15, -0.1) is 0 Å². The highest BCUT2D eigenvalue weighted by molar-refractivity contribution is 6.31. The summed E-state index contributed by atoms with van der Waals surface area (Å²) in [6, 6.07) is 0.791. The van der Waals surface area contributed by atoms with E-state index in [1.165, 1.54) is 0 Å². The van der Waals surface area contributed by atoms with Gasteiger partial charge in [0.15, 0.2) is 17.2 Å². The molecule has 0 fully saturated rings. The van der Waals surface area contributed by atoms with Crippen molar-refractivity contribution in [2.24, 2.45) is 0 Å². The van der Waals surface area contributed by atoms with Crippen LogP contribution in [0, 0.1) is 0 Å². The third-order valence-electron chi connectivity index (χ3n) is 1.35. The van der Waals surface area contributed by atoms with Crippen LogP contribution < -0.4 is 0 Å². The molecule has 0 unspecified atom stereocenters. The maximum atomic E-state index is 12.1. The van der Waals surface area contributed by atoms with Gasteiger partial charge in [-0.05, 0) is 6.07 Å². The molecule has 6 heteroatoms. The summed E-state index contributed by atoms with van der Waals surface area (Å²) in [5.74, 6) is -0.582. The van der Waals surface area contributed by atoms with Gasteiger partial charge in [-0.2, -0.15) is 0 Å². The smallest absolute Gasteiger partial charge is 0.280 e. The summed E-state index contributed by atoms with van der Waals surface area (Å²) in [6.45, 7) is 0. The number of carbonyl (C=O) groups is 1. The van der Waals surface area contributed by atoms with Crippen molar-refractivity contribution < 1.29 is 18.7 Å². The molecule has 0 aliphatic heterocycles. The lowest BCUT2D eigenvalue weighted by Gasteiger charge is -2.03. The number of aromatic nitrogens is 1. The lowest BCUT2D eigenvalue weighted by molar-refractivity contribution is 0.111. The number of alkyl halides is 2. The van der Waals surface area contributed by atoms with E-state index in [1.54, 1.807) is 0 Å². The van der Waals surface area contributed by atoms with Crippen LogP contribution >= 0.6 is 11.6 Å². The first-order valence-corrected chi connectivity index (χ1v) is 3.56. The molecule has 0 bridgehead atoms. The maximum Gasteiger partial charge on any atom is 0.280 e. The molecule has 3 nitrogen and oxygen atoms in total. The average molecular weight is 208 g/mol. The minimum atomic E-state index is -2.82. The van der Waals surface area contributed by atoms with E-state index in [0.29, 0.717) is 0 Å². The van der Waals surface area contributed by atoms with E-state index in [-0.39, 0.29) is 11.8 Å². The Labute approximate surface area is 77.0 Å². The largest absolute Gasteiger partial charge is 0.504 e. The Morgan fingerprint density at radius 1 is 1.62 bits per heavy atom. The Bertz CT molecular complexity index is 344. The Balaban J connectivity index is 3.30. The number of halogens is 3. The molecule has 1 heterocycles. The van der Waals surface area contributed by atoms with Crippen molar-refractivity contribution in [3.05, 3.63) is 22.5 Å². The monoisotopic (exact) mass is 207 g/mol. The summed E-state index contributed by atoms with van der Waals surface area (Å²) in [4.78, 5) is 13.5. The van der Waals surface area contributed by atoms with E-state index >= 15 is 0 Å². The predicted octanol–water partition coefficient (Wildman–Crippen LogP) is 2.19. The molecular weight excluding hydrogens is 204 g/mol. The van der Waals surface area contributed by atoms with Gasteiger partial charge in [-0.25, -0.2) is 13.8 Å². The lowest BCUT2D eigenvalue weighted by Crippen LogP contribution is -1.94. The molecule has 70 valence electrons. The van der Waals surface area contributed by atoms with Crippen LogP contribution in [0.3, 0.4) is 0 Å². The summed E-state index contributed by atoms with van der Waals surface area (Å²) >= 11 is 5.29. The number of hydrogen-bond acceptors (Lipinski definition) is 3. The minimum absolute atomic E-state index is 0.231. The molecule has 0 aliphatic rings. The topological polar surface area (TPSA) is 50.2 Å². The van der Waals surface area contributed by atoms with Crippen molar-refractivity contribution in [1.29, 1.82) is 0 Å². The van der Waals surface area contributed by atoms with Gasteiger partial charge in [0, 0.05) is 0 Å². The van der Waals surface area contributed by atoms with Crippen LogP contribution in [0.1, 0.15) is 22.5 Å². The van der Waals surface area contributed by atoms with Crippen LogP contribution in [0.2, 0.25) is 5.15 Å². The fraction of sp³-hybridized carbons (Fsp3) is 0.143. The third kappa shape index (κ3) is 1.92. The zero-order valence-electron chi connectivity index (χ0n) is 6.17. The molecule has 1 aromatic rings. The summed E-state index contributed by atoms with van der Waals surface area (Å²) in [5, 5.41) is 8.53. The van der Waals surface area contributed by atoms with Gasteiger partial charge in [0.05, 0.1) is 5.56 Å². The summed E-state index contributed by atoms with van der Waals surface area (Å²) < 4.78 is 24.2. The number of hydrogen-bond donors (Lipinski definition) is 1. The minimum Gasteiger partial charge on any atom is -0.504 e. The van der Waals surface area contributed by atoms with Gasteiger partial charge in [-0.1, -0.05) is 11.6 Å². The predicted molar refractivity (Wildman–Crippen MR) is 41.3 cm³/mol. The van der Waals surface area contributed by atoms with Crippen LogP contribution in [0.25, 0.3) is 0 Å². The van der Waals surface area contributed by atoms with Crippen molar-refractivity contribution in [1.82, 2.24) is 4.98 Å². The Morgan fingerprint density at radius 2 is 2.23 bits per heavy atom. The molecule has 1 aromatic heterocycles. The first-order chi connectivity index (χ1) is 6.06. The Kier molecular flexibility index (Phi) is 2.77. The molecule has 0 saturated carbocycles. The van der Waals surface area contributed by atoms with Crippen molar-refractivity contribution in [2.45, 2.75) is 6.43 Å². The van der Waals surface area contributed by atoms with Gasteiger partial charge in [0.2, 0.25) is 0 Å². The van der Waals surface area contributed by atoms with Crippen LogP contribution in [-0.2, 0) is 0 Å². The number of aromatic hydroxyl groups is 1. The first kappa shape index (κ1) is 9.85. The standard InChI is InChI=1S/C7H4ClF2NO2/c8-6-5(13)3(2-12)1-4(11-6)7(9)10/h1-2,7,13H. The molecule has 0 amide bonds. The molecule has 13 heavy (non-hydrogen) atoms. The van der Waals surface area contributed by atoms with E-state index in [1.807, 2.05) is 0 Å². The molecule has 1 rings (SSSR count). The second-order valence-electron chi connectivity index (χ2n) is 2.19. The lowest BCUT2D eigenvalue weighted by atomic mass is 10.2. The SMILES string of the molecule is O=Cc1cc(C(F)F)nc(Cl)c1O. The highest BCUT2D eigenvalue weighted by Gasteiger charge is 2.15. The summed E-state index contributed by atoms with van der Waals surface area (Å²) in [5.41, 5.74) is -0.930. The van der Waals surface area contributed by atoms with Gasteiger partial charge < -0.3 is 5.11 Å². The second kappa shape index (κ2) is 3.66. The van der Waals surface area contributed by atoms with Crippen molar-refractivity contribution in [3.63, 3.8) is 0 Å². The van der Waals surface area contributed by atoms with E-state index in [0.717, 1.165) is 6.07 Å². The molecule has 0 aliphatic carbocycles. The molecule has 0 spiro atoms. The normalized spacial score (nSPS) is 10.5. The Hall–Kier alpha value is -1.23. The number of pyridine rings is 1. The van der Waals surface area contributed by atoms with E-state index < -0.39 is 23.0 Å². The van der Waals surface area contributed by atoms with Crippen molar-refractivity contribution in [3.8, 4) is 5.75 Å². The van der Waals surface area contributed by atoms with Crippen LogP contribution in [0.15, 0.2) is 6.07 Å². The summed E-state index contributed by atoms with van der Waals surface area (Å²) in [6.07, 6.45) is -2.59. The summed E-state index contributed by atoms with van der Waals surface area (Å²) in [7, 11) is 0. The molecule has 0 radical (unpaired) electrons. The first-order valence-electron chi connectivity index (χ1n) is 3.19. The third-order valence-corrected chi connectivity index (χ3v) is 1.61. The van der Waals surface area contributed by atoms with Crippen molar-refractivity contribution >= 4 is 17.9 Å². The highest BCUT2D eigenvalue weighted by Crippen LogP contribution is 2.28. The van der Waals surface area contributed by atoms with E-state index in [2.05, 4.69) is 4.98 Å². The molecule has 0 aromatic carbocycles. The van der Waals surface area contributed by atoms with Crippen LogP contribution in [-0.4, -0.2) is 16.4 Å². The number of carbonyl (C=O) groups excluding carboxylic acids is 1. The number of aldehydes is 1. The van der Waals surface area contributed by atoms with E-state index in [4.69, 9.17) is 16.7 Å². The molecule has 1 N–H and O–H groups in total. The molecular formula is C7H4ClF2NO2.